The van der Waals surface area contributed by atoms with E-state index in [0.717, 1.165) is 0 Å². The minimum Gasteiger partial charge on any atom is -0.481 e. The molecule has 1 N–H and O–H groups in total. The van der Waals surface area contributed by atoms with Crippen molar-refractivity contribution in [3.05, 3.63) is 0 Å². The van der Waals surface area contributed by atoms with E-state index in [1.807, 2.05) is 0 Å². The summed E-state index contributed by atoms with van der Waals surface area (Å²) in [4.78, 5) is 10.5. The van der Waals surface area contributed by atoms with Gasteiger partial charge in [-0.25, -0.2) is 8.42 Å². The van der Waals surface area contributed by atoms with Crippen LogP contribution in [0.25, 0.3) is 0 Å². The van der Waals surface area contributed by atoms with Gasteiger partial charge in [0.15, 0.2) is 0 Å². The monoisotopic (exact) mass is 267 g/mol. The molecule has 6 nitrogen and oxygen atoms in total. The first-order valence-electron chi connectivity index (χ1n) is 5.60. The number of rotatable bonds is 9. The summed E-state index contributed by atoms with van der Waals surface area (Å²) in [6.07, 6.45) is -0.188. The van der Waals surface area contributed by atoms with Crippen LogP contribution in [0.5, 0.6) is 0 Å². The third-order valence-electron chi connectivity index (χ3n) is 2.17. The molecule has 0 fully saturated rings. The molecule has 0 bridgehead atoms. The van der Waals surface area contributed by atoms with Gasteiger partial charge in [0, 0.05) is 19.2 Å². The zero-order chi connectivity index (χ0) is 13.5. The standard InChI is InChI=1S/C10H21NO5S/c1-4-16-7-8-17(14,15)11(9(2)3)6-5-10(12)13/h9H,4-8H2,1-3H3,(H,12,13). The van der Waals surface area contributed by atoms with Gasteiger partial charge in [0.1, 0.15) is 0 Å². The highest BCUT2D eigenvalue weighted by molar-refractivity contribution is 7.89. The number of hydrogen-bond donors (Lipinski definition) is 1. The number of carboxylic acids is 1. The zero-order valence-electron chi connectivity index (χ0n) is 10.5. The van der Waals surface area contributed by atoms with E-state index in [4.69, 9.17) is 9.84 Å². The highest BCUT2D eigenvalue weighted by atomic mass is 32.2. The molecule has 0 atom stereocenters. The molecule has 0 aliphatic heterocycles. The van der Waals surface area contributed by atoms with Crippen LogP contribution in [-0.2, 0) is 19.6 Å². The van der Waals surface area contributed by atoms with Gasteiger partial charge in [0.05, 0.1) is 18.8 Å². The summed E-state index contributed by atoms with van der Waals surface area (Å²) < 4.78 is 30.0. The third kappa shape index (κ3) is 6.60. The second-order valence-electron chi connectivity index (χ2n) is 3.86. The van der Waals surface area contributed by atoms with Crippen molar-refractivity contribution in [1.29, 1.82) is 0 Å². The van der Waals surface area contributed by atoms with Gasteiger partial charge >= 0.3 is 5.97 Å². The van der Waals surface area contributed by atoms with Crippen molar-refractivity contribution in [3.8, 4) is 0 Å². The molecule has 0 saturated carbocycles. The van der Waals surface area contributed by atoms with Crippen LogP contribution in [0.4, 0.5) is 0 Å². The molecule has 7 heteroatoms. The molecule has 0 unspecified atom stereocenters. The number of sulfonamides is 1. The molecule has 0 spiro atoms. The van der Waals surface area contributed by atoms with E-state index in [0.29, 0.717) is 6.61 Å². The largest absolute Gasteiger partial charge is 0.481 e. The summed E-state index contributed by atoms with van der Waals surface area (Å²) in [6.45, 7) is 5.83. The van der Waals surface area contributed by atoms with Gasteiger partial charge in [-0.3, -0.25) is 4.79 Å². The summed E-state index contributed by atoms with van der Waals surface area (Å²) in [5.41, 5.74) is 0. The number of aliphatic carboxylic acids is 1. The Kier molecular flexibility index (Phi) is 7.33. The smallest absolute Gasteiger partial charge is 0.304 e. The Morgan fingerprint density at radius 1 is 1.41 bits per heavy atom. The van der Waals surface area contributed by atoms with E-state index in [2.05, 4.69) is 0 Å². The number of nitrogens with zero attached hydrogens (tertiary/aromatic N) is 1. The van der Waals surface area contributed by atoms with Gasteiger partial charge in [-0.2, -0.15) is 4.31 Å². The van der Waals surface area contributed by atoms with Gasteiger partial charge < -0.3 is 9.84 Å². The Balaban J connectivity index is 4.51. The number of carboxylic acid groups (broad SMARTS) is 1. The highest BCUT2D eigenvalue weighted by Gasteiger charge is 2.24. The molecule has 0 saturated heterocycles. The molecule has 0 aliphatic carbocycles. The van der Waals surface area contributed by atoms with E-state index >= 15 is 0 Å². The molecule has 17 heavy (non-hydrogen) atoms. The highest BCUT2D eigenvalue weighted by Crippen LogP contribution is 2.08. The average Bonchev–Trinajstić information content (AvgIpc) is 2.16. The van der Waals surface area contributed by atoms with Crippen LogP contribution >= 0.6 is 0 Å². The van der Waals surface area contributed by atoms with Gasteiger partial charge in [-0.1, -0.05) is 0 Å². The fourth-order valence-electron chi connectivity index (χ4n) is 1.35. The molecule has 0 aromatic rings. The fraction of sp³-hybridized carbons (Fsp3) is 0.900. The van der Waals surface area contributed by atoms with E-state index in [1.165, 1.54) is 4.31 Å². The molecule has 0 heterocycles. The topological polar surface area (TPSA) is 83.9 Å². The van der Waals surface area contributed by atoms with Crippen LogP contribution in [0.15, 0.2) is 0 Å². The summed E-state index contributed by atoms with van der Waals surface area (Å²) >= 11 is 0. The fourth-order valence-corrected chi connectivity index (χ4v) is 2.92. The van der Waals surface area contributed by atoms with E-state index < -0.39 is 16.0 Å². The molecule has 102 valence electrons. The molecule has 0 radical (unpaired) electrons. The first-order chi connectivity index (χ1) is 7.81. The van der Waals surface area contributed by atoms with Crippen molar-refractivity contribution in [3.63, 3.8) is 0 Å². The Morgan fingerprint density at radius 3 is 2.41 bits per heavy atom. The summed E-state index contributed by atoms with van der Waals surface area (Å²) in [5.74, 6) is -1.12. The molecule has 0 rings (SSSR count). The SMILES string of the molecule is CCOCCS(=O)(=O)N(CCC(=O)O)C(C)C. The van der Waals surface area contributed by atoms with Crippen molar-refractivity contribution >= 4 is 16.0 Å². The molecule has 0 aromatic carbocycles. The summed E-state index contributed by atoms with van der Waals surface area (Å²) in [6, 6.07) is -0.249. The Hall–Kier alpha value is -0.660. The summed E-state index contributed by atoms with van der Waals surface area (Å²) in [7, 11) is -3.44. The lowest BCUT2D eigenvalue weighted by molar-refractivity contribution is -0.137. The molecular formula is C10H21NO5S. The molecule has 0 amide bonds. The van der Waals surface area contributed by atoms with Crippen LogP contribution in [0.2, 0.25) is 0 Å². The predicted octanol–water partition coefficient (Wildman–Crippen LogP) is 0.538. The predicted molar refractivity (Wildman–Crippen MR) is 64.4 cm³/mol. The zero-order valence-corrected chi connectivity index (χ0v) is 11.4. The maximum Gasteiger partial charge on any atom is 0.304 e. The second kappa shape index (κ2) is 7.62. The van der Waals surface area contributed by atoms with Crippen LogP contribution in [0, 0.1) is 0 Å². The quantitative estimate of drug-likeness (QED) is 0.616. The normalized spacial score (nSPS) is 12.3. The van der Waals surface area contributed by atoms with E-state index in [9.17, 15) is 13.2 Å². The minimum absolute atomic E-state index is 0.00145. The molecule has 0 aliphatic rings. The van der Waals surface area contributed by atoms with Gasteiger partial charge in [0.2, 0.25) is 10.0 Å². The first-order valence-corrected chi connectivity index (χ1v) is 7.21. The average molecular weight is 267 g/mol. The van der Waals surface area contributed by atoms with Crippen molar-refractivity contribution in [1.82, 2.24) is 4.31 Å². The number of carbonyl (C=O) groups is 1. The summed E-state index contributed by atoms with van der Waals surface area (Å²) in [5, 5.41) is 8.58. The van der Waals surface area contributed by atoms with E-state index in [-0.39, 0.29) is 31.4 Å². The van der Waals surface area contributed by atoms with Crippen LogP contribution < -0.4 is 0 Å². The van der Waals surface area contributed by atoms with Crippen LogP contribution in [-0.4, -0.2) is 55.4 Å². The second-order valence-corrected chi connectivity index (χ2v) is 5.90. The first kappa shape index (κ1) is 16.3. The van der Waals surface area contributed by atoms with E-state index in [1.54, 1.807) is 20.8 Å². The number of ether oxygens (including phenoxy) is 1. The maximum atomic E-state index is 11.9. The van der Waals surface area contributed by atoms with Gasteiger partial charge in [-0.15, -0.1) is 0 Å². The Labute approximate surface area is 103 Å². The Morgan fingerprint density at radius 2 is 2.00 bits per heavy atom. The van der Waals surface area contributed by atoms with Crippen molar-refractivity contribution < 1.29 is 23.1 Å². The lowest BCUT2D eigenvalue weighted by atomic mass is 10.3. The maximum absolute atomic E-state index is 11.9. The lowest BCUT2D eigenvalue weighted by Crippen LogP contribution is -2.40. The molecular weight excluding hydrogens is 246 g/mol. The lowest BCUT2D eigenvalue weighted by Gasteiger charge is -2.25. The van der Waals surface area contributed by atoms with Crippen molar-refractivity contribution in [2.24, 2.45) is 0 Å². The van der Waals surface area contributed by atoms with Crippen LogP contribution in [0.3, 0.4) is 0 Å². The molecule has 0 aromatic heterocycles. The van der Waals surface area contributed by atoms with Crippen LogP contribution in [0.1, 0.15) is 27.2 Å². The van der Waals surface area contributed by atoms with Crippen molar-refractivity contribution in [2.75, 3.05) is 25.5 Å². The Bertz CT molecular complexity index is 326. The third-order valence-corrected chi connectivity index (χ3v) is 4.17. The number of hydrogen-bond acceptors (Lipinski definition) is 4. The van der Waals surface area contributed by atoms with Crippen molar-refractivity contribution in [2.45, 2.75) is 33.2 Å². The minimum atomic E-state index is -3.44. The van der Waals surface area contributed by atoms with Gasteiger partial charge in [0.25, 0.3) is 0 Å². The van der Waals surface area contributed by atoms with Gasteiger partial charge in [-0.05, 0) is 20.8 Å².